The lowest BCUT2D eigenvalue weighted by atomic mass is 9.87. The first-order valence-corrected chi connectivity index (χ1v) is 13.5. The number of fused-ring (bicyclic) bond motifs is 1. The van der Waals surface area contributed by atoms with Crippen molar-refractivity contribution < 1.29 is 9.59 Å². The smallest absolute Gasteiger partial charge is 0.176 e. The molecule has 1 atom stereocenters. The zero-order valence-corrected chi connectivity index (χ0v) is 22.2. The van der Waals surface area contributed by atoms with Crippen LogP contribution in [0.5, 0.6) is 0 Å². The molecule has 0 saturated heterocycles. The summed E-state index contributed by atoms with van der Waals surface area (Å²) in [5.41, 5.74) is 1.67. The molecule has 0 aliphatic carbocycles. The number of hydrogen-bond donors (Lipinski definition) is 0. The number of unbranched alkanes of at least 4 members (excludes halogenated alkanes) is 3. The summed E-state index contributed by atoms with van der Waals surface area (Å²) >= 11 is 8.83. The molecule has 0 saturated carbocycles. The van der Waals surface area contributed by atoms with Crippen LogP contribution in [-0.4, -0.2) is 16.4 Å². The van der Waals surface area contributed by atoms with Crippen molar-refractivity contribution in [2.75, 3.05) is 0 Å². The van der Waals surface area contributed by atoms with Crippen molar-refractivity contribution in [1.82, 2.24) is 0 Å². The van der Waals surface area contributed by atoms with E-state index >= 15 is 0 Å². The van der Waals surface area contributed by atoms with Gasteiger partial charge in [0.1, 0.15) is 0 Å². The summed E-state index contributed by atoms with van der Waals surface area (Å²) in [6.45, 7) is 12.4. The third-order valence-electron chi connectivity index (χ3n) is 5.60. The molecule has 0 amide bonds. The van der Waals surface area contributed by atoms with E-state index in [0.29, 0.717) is 5.57 Å². The zero-order valence-electron chi connectivity index (χ0n) is 19.8. The molecule has 1 aromatic rings. The first kappa shape index (κ1) is 26.3. The largest absolute Gasteiger partial charge is 0.294 e. The molecule has 2 nitrogen and oxygen atoms in total. The third kappa shape index (κ3) is 7.03. The highest BCUT2D eigenvalue weighted by Gasteiger charge is 2.33. The Labute approximate surface area is 202 Å². The van der Waals surface area contributed by atoms with Crippen molar-refractivity contribution in [3.63, 3.8) is 0 Å². The number of hydrogen-bond acceptors (Lipinski definition) is 5. The molecule has 1 aliphatic heterocycles. The molecule has 5 heteroatoms. The summed E-state index contributed by atoms with van der Waals surface area (Å²) in [6, 6.07) is 6.47. The highest BCUT2D eigenvalue weighted by Crippen LogP contribution is 2.53. The van der Waals surface area contributed by atoms with E-state index < -0.39 is 0 Å². The maximum Gasteiger partial charge on any atom is 0.176 e. The van der Waals surface area contributed by atoms with Gasteiger partial charge in [-0.25, -0.2) is 0 Å². The number of rotatable bonds is 11. The van der Waals surface area contributed by atoms with Crippen LogP contribution >= 0.6 is 35.7 Å². The van der Waals surface area contributed by atoms with E-state index in [1.54, 1.807) is 23.5 Å². The predicted molar refractivity (Wildman–Crippen MR) is 139 cm³/mol. The monoisotopic (exact) mass is 476 g/mol. The van der Waals surface area contributed by atoms with E-state index in [4.69, 9.17) is 12.2 Å². The molecular weight excluding hydrogens is 440 g/mol. The molecule has 0 aromatic heterocycles. The number of thioether (sulfide) groups is 2. The molecule has 1 aliphatic rings. The van der Waals surface area contributed by atoms with Crippen LogP contribution in [0.25, 0.3) is 0 Å². The summed E-state index contributed by atoms with van der Waals surface area (Å²) in [5.74, 6) is -0.545. The number of Topliss-reactive ketones (excluding diaryl/α,β-unsaturated/α-hetero) is 2. The minimum Gasteiger partial charge on any atom is -0.294 e. The second-order valence-corrected chi connectivity index (χ2v) is 12.2. The Bertz CT molecular complexity index is 862. The van der Waals surface area contributed by atoms with Gasteiger partial charge < -0.3 is 0 Å². The van der Waals surface area contributed by atoms with E-state index in [0.717, 1.165) is 63.8 Å². The zero-order chi connectivity index (χ0) is 23.2. The van der Waals surface area contributed by atoms with E-state index in [-0.39, 0.29) is 22.9 Å². The number of allylic oxidation sites excluding steroid dienone is 1. The van der Waals surface area contributed by atoms with E-state index in [2.05, 4.69) is 52.8 Å². The average molecular weight is 477 g/mol. The fourth-order valence-electron chi connectivity index (χ4n) is 3.62. The van der Waals surface area contributed by atoms with Crippen LogP contribution in [0, 0.1) is 5.92 Å². The molecule has 0 radical (unpaired) electrons. The quantitative estimate of drug-likeness (QED) is 0.105. The van der Waals surface area contributed by atoms with Crippen LogP contribution < -0.4 is 0 Å². The van der Waals surface area contributed by atoms with Crippen molar-refractivity contribution >= 4 is 52.2 Å². The minimum absolute atomic E-state index is 0.0574. The first-order valence-electron chi connectivity index (χ1n) is 11.4. The SMILES string of the molecule is CCCCCC(=S)[C@@H](CCCC)C(=O)/C(C(C)=O)=C1\Sc2ccc(C(C)(C)C)cc2S1. The standard InChI is InChI=1S/C26H36O2S3/c1-7-9-11-13-20(29)19(12-10-8-2)24(28)23(17(3)27)25-30-21-15-14-18(26(4,5)6)16-22(21)31-25/h14-16,19H,7-13H2,1-6H3/b25-23+/t19-/m1/s1. The Morgan fingerprint density at radius 2 is 1.65 bits per heavy atom. The topological polar surface area (TPSA) is 34.1 Å². The van der Waals surface area contributed by atoms with Gasteiger partial charge in [-0.1, -0.05) is 102 Å². The summed E-state index contributed by atoms with van der Waals surface area (Å²) < 4.78 is 0.816. The normalized spacial score (nSPS) is 16.1. The van der Waals surface area contributed by atoms with E-state index in [1.807, 2.05) is 0 Å². The summed E-state index contributed by atoms with van der Waals surface area (Å²) in [4.78, 5) is 29.4. The number of carbonyl (C=O) groups is 2. The summed E-state index contributed by atoms with van der Waals surface area (Å²) in [5, 5.41) is 0. The van der Waals surface area contributed by atoms with Crippen molar-refractivity contribution in [2.45, 2.75) is 102 Å². The second kappa shape index (κ2) is 11.8. The maximum atomic E-state index is 13.6. The van der Waals surface area contributed by atoms with Crippen LogP contribution in [-0.2, 0) is 15.0 Å². The Hall–Kier alpha value is -0.910. The molecule has 31 heavy (non-hydrogen) atoms. The van der Waals surface area contributed by atoms with Crippen molar-refractivity contribution in [2.24, 2.45) is 5.92 Å². The van der Waals surface area contributed by atoms with Gasteiger partial charge in [0.05, 0.1) is 15.7 Å². The molecule has 0 bridgehead atoms. The molecular formula is C26H36O2S3. The molecule has 1 heterocycles. The van der Waals surface area contributed by atoms with Crippen molar-refractivity contribution in [3.8, 4) is 0 Å². The average Bonchev–Trinajstić information content (AvgIpc) is 3.10. The molecule has 0 fully saturated rings. The molecule has 0 spiro atoms. The van der Waals surface area contributed by atoms with Gasteiger partial charge in [0, 0.05) is 14.7 Å². The second-order valence-electron chi connectivity index (χ2n) is 9.32. The Kier molecular flexibility index (Phi) is 10.0. The van der Waals surface area contributed by atoms with Gasteiger partial charge in [-0.15, -0.1) is 0 Å². The Balaban J connectivity index is 2.35. The molecule has 0 unspecified atom stereocenters. The molecule has 170 valence electrons. The third-order valence-corrected chi connectivity index (χ3v) is 8.63. The Morgan fingerprint density at radius 1 is 1.00 bits per heavy atom. The Morgan fingerprint density at radius 3 is 2.23 bits per heavy atom. The predicted octanol–water partition coefficient (Wildman–Crippen LogP) is 8.31. The van der Waals surface area contributed by atoms with Gasteiger partial charge in [-0.3, -0.25) is 9.59 Å². The summed E-state index contributed by atoms with van der Waals surface area (Å²) in [7, 11) is 0. The van der Waals surface area contributed by atoms with Crippen LogP contribution in [0.2, 0.25) is 0 Å². The molecule has 1 aromatic carbocycles. The highest BCUT2D eigenvalue weighted by molar-refractivity contribution is 8.24. The first-order chi connectivity index (χ1) is 14.6. The fourth-order valence-corrected chi connectivity index (χ4v) is 6.69. The van der Waals surface area contributed by atoms with Crippen molar-refractivity contribution in [3.05, 3.63) is 33.6 Å². The van der Waals surface area contributed by atoms with Gasteiger partial charge in [-0.05, 0) is 49.3 Å². The van der Waals surface area contributed by atoms with Crippen LogP contribution in [0.15, 0.2) is 37.8 Å². The van der Waals surface area contributed by atoms with Gasteiger partial charge in [-0.2, -0.15) is 0 Å². The van der Waals surface area contributed by atoms with Crippen LogP contribution in [0.4, 0.5) is 0 Å². The lowest BCUT2D eigenvalue weighted by Gasteiger charge is -2.19. The minimum atomic E-state index is -0.326. The molecule has 2 rings (SSSR count). The van der Waals surface area contributed by atoms with Crippen LogP contribution in [0.3, 0.4) is 0 Å². The van der Waals surface area contributed by atoms with Gasteiger partial charge in [0.15, 0.2) is 11.6 Å². The number of carbonyl (C=O) groups excluding carboxylic acids is 2. The molecule has 0 N–H and O–H groups in total. The van der Waals surface area contributed by atoms with Crippen molar-refractivity contribution in [1.29, 1.82) is 0 Å². The van der Waals surface area contributed by atoms with E-state index in [9.17, 15) is 9.59 Å². The van der Waals surface area contributed by atoms with Gasteiger partial charge in [0.25, 0.3) is 0 Å². The van der Waals surface area contributed by atoms with Crippen LogP contribution in [0.1, 0.15) is 92.1 Å². The number of benzene rings is 1. The maximum absolute atomic E-state index is 13.6. The number of ketones is 2. The number of thiocarbonyl (C=S) groups is 1. The highest BCUT2D eigenvalue weighted by atomic mass is 32.2. The van der Waals surface area contributed by atoms with Gasteiger partial charge in [0.2, 0.25) is 0 Å². The van der Waals surface area contributed by atoms with Gasteiger partial charge >= 0.3 is 0 Å². The van der Waals surface area contributed by atoms with E-state index in [1.165, 1.54) is 12.5 Å². The lowest BCUT2D eigenvalue weighted by molar-refractivity contribution is -0.121. The summed E-state index contributed by atoms with van der Waals surface area (Å²) in [6.07, 6.45) is 6.74. The lowest BCUT2D eigenvalue weighted by Crippen LogP contribution is -2.27. The fraction of sp³-hybridized carbons (Fsp3) is 0.577.